The summed E-state index contributed by atoms with van der Waals surface area (Å²) in [5, 5.41) is 4.67. The molecule has 1 unspecified atom stereocenters. The van der Waals surface area contributed by atoms with Crippen molar-refractivity contribution in [1.82, 2.24) is 0 Å². The maximum Gasteiger partial charge on any atom is 0.159 e. The fourth-order valence-corrected chi connectivity index (χ4v) is 13.4. The first-order chi connectivity index (χ1) is 35.1. The molecule has 9 aromatic carbocycles. The highest BCUT2D eigenvalue weighted by atomic mass is 32.1. The van der Waals surface area contributed by atoms with E-state index in [1.54, 1.807) is 0 Å². The van der Waals surface area contributed by atoms with Gasteiger partial charge in [-0.2, -0.15) is 0 Å². The molecule has 1 atom stereocenters. The van der Waals surface area contributed by atoms with Gasteiger partial charge in [0.2, 0.25) is 0 Å². The summed E-state index contributed by atoms with van der Waals surface area (Å²) in [7, 11) is 0. The maximum atomic E-state index is 6.76. The van der Waals surface area contributed by atoms with Crippen LogP contribution in [0.25, 0.3) is 83.0 Å². The van der Waals surface area contributed by atoms with E-state index < -0.39 is 5.41 Å². The third kappa shape index (κ3) is 6.16. The number of thiophene rings is 1. The van der Waals surface area contributed by atoms with E-state index in [0.29, 0.717) is 6.42 Å². The molecule has 4 heteroatoms. The molecule has 0 N–H and O–H groups in total. The quantitative estimate of drug-likeness (QED) is 0.135. The van der Waals surface area contributed by atoms with Crippen LogP contribution in [0.3, 0.4) is 0 Å². The van der Waals surface area contributed by atoms with E-state index in [9.17, 15) is 0 Å². The standard InChI is InChI=1S/C67H45NO2S/c1-3-19-60-48(4-2)52-28-17-22-44(64(52)69-60)40-45(43-20-7-5-8-21-43)38-42-34-36-50-49-25-11-14-30-56(49)67(57(50)39-42)58-41-47(35-37-54(58)63-55-27-13-16-33-62(55)71-66(63)67)68(46-23-9-6-10-24-46)59-31-18-29-53-51-26-12-15-32-61(51)70-65(53)59/h3,5,7-9,11-39,41H,4,40H2,1-2H3/b19-3-,45-38+. The Morgan fingerprint density at radius 1 is 0.620 bits per heavy atom. The fraction of sp³-hybridized carbons (Fsp3) is 0.0746. The Bertz CT molecular complexity index is 4150. The highest BCUT2D eigenvalue weighted by Crippen LogP contribution is 2.66. The molecule has 0 aliphatic heterocycles. The monoisotopic (exact) mass is 927 g/mol. The van der Waals surface area contributed by atoms with Crippen LogP contribution >= 0.6 is 11.3 Å². The van der Waals surface area contributed by atoms with Crippen molar-refractivity contribution >= 4 is 89.1 Å². The highest BCUT2D eigenvalue weighted by molar-refractivity contribution is 7.20. The van der Waals surface area contributed by atoms with Crippen LogP contribution < -0.4 is 4.90 Å². The first-order valence-electron chi connectivity index (χ1n) is 24.5. The normalized spacial score (nSPS) is 14.7. The van der Waals surface area contributed by atoms with Crippen molar-refractivity contribution in [3.8, 4) is 22.3 Å². The summed E-state index contributed by atoms with van der Waals surface area (Å²) in [6, 6.07) is 77.2. The predicted octanol–water partition coefficient (Wildman–Crippen LogP) is 18.3. The number of hydrogen-bond donors (Lipinski definition) is 0. The molecule has 1 spiro atoms. The predicted molar refractivity (Wildman–Crippen MR) is 296 cm³/mol. The van der Waals surface area contributed by atoms with Crippen LogP contribution in [0.2, 0.25) is 0 Å². The Morgan fingerprint density at radius 3 is 2.25 bits per heavy atom. The van der Waals surface area contributed by atoms with Crippen LogP contribution in [-0.4, -0.2) is 0 Å². The molecule has 3 nitrogen and oxygen atoms in total. The molecule has 0 bridgehead atoms. The minimum absolute atomic E-state index is 0.597. The van der Waals surface area contributed by atoms with Gasteiger partial charge in [-0.15, -0.1) is 11.3 Å². The Kier molecular flexibility index (Phi) is 9.46. The van der Waals surface area contributed by atoms with Crippen molar-refractivity contribution in [3.63, 3.8) is 0 Å². The van der Waals surface area contributed by atoms with Gasteiger partial charge in [-0.1, -0.05) is 171 Å². The number of rotatable bonds is 9. The molecule has 0 radical (unpaired) electrons. The first-order valence-corrected chi connectivity index (χ1v) is 25.4. The Hall–Kier alpha value is -8.62. The average molecular weight is 928 g/mol. The zero-order chi connectivity index (χ0) is 47.2. The van der Waals surface area contributed by atoms with Gasteiger partial charge in [0.1, 0.15) is 16.9 Å². The molecule has 0 amide bonds. The third-order valence-electron chi connectivity index (χ3n) is 14.9. The number of hydrogen-bond acceptors (Lipinski definition) is 4. The lowest BCUT2D eigenvalue weighted by Gasteiger charge is -2.31. The van der Waals surface area contributed by atoms with Crippen molar-refractivity contribution in [1.29, 1.82) is 0 Å². The van der Waals surface area contributed by atoms with Gasteiger partial charge in [-0.25, -0.2) is 0 Å². The lowest BCUT2D eigenvalue weighted by molar-refractivity contribution is 0.596. The van der Waals surface area contributed by atoms with Crippen LogP contribution in [-0.2, 0) is 18.3 Å². The Labute approximate surface area is 416 Å². The summed E-state index contributed by atoms with van der Waals surface area (Å²) in [4.78, 5) is 3.70. The smallest absolute Gasteiger partial charge is 0.159 e. The zero-order valence-electron chi connectivity index (χ0n) is 39.3. The first kappa shape index (κ1) is 41.4. The van der Waals surface area contributed by atoms with Gasteiger partial charge in [0.05, 0.1) is 16.8 Å². The van der Waals surface area contributed by atoms with Crippen LogP contribution in [0, 0.1) is 12.1 Å². The van der Waals surface area contributed by atoms with Crippen LogP contribution in [0.4, 0.5) is 17.1 Å². The lowest BCUT2D eigenvalue weighted by atomic mass is 9.73. The minimum Gasteiger partial charge on any atom is -0.456 e. The third-order valence-corrected chi connectivity index (χ3v) is 16.2. The molecular formula is C67H45NO2S. The van der Waals surface area contributed by atoms with E-state index in [-0.39, 0.29) is 0 Å². The zero-order valence-corrected chi connectivity index (χ0v) is 40.1. The largest absolute Gasteiger partial charge is 0.456 e. The van der Waals surface area contributed by atoms with Gasteiger partial charge in [0, 0.05) is 60.4 Å². The number of benzene rings is 8. The summed E-state index contributed by atoms with van der Waals surface area (Å²) in [6.07, 6.45) is 8.19. The Balaban J connectivity index is 1.00. The number of furan rings is 2. The Morgan fingerprint density at radius 2 is 1.38 bits per heavy atom. The average Bonchev–Trinajstić information content (AvgIpc) is 4.25. The lowest BCUT2D eigenvalue weighted by Crippen LogP contribution is -2.25. The molecule has 71 heavy (non-hydrogen) atoms. The van der Waals surface area contributed by atoms with Crippen molar-refractivity contribution in [3.05, 3.63) is 262 Å². The van der Waals surface area contributed by atoms with Crippen LogP contribution in [0.15, 0.2) is 209 Å². The molecule has 14 rings (SSSR count). The number of anilines is 3. The highest BCUT2D eigenvalue weighted by Gasteiger charge is 2.53. The molecule has 12 aromatic rings. The van der Waals surface area contributed by atoms with E-state index in [1.165, 1.54) is 81.6 Å². The molecule has 3 aromatic heterocycles. The van der Waals surface area contributed by atoms with E-state index in [4.69, 9.17) is 8.83 Å². The molecule has 0 saturated carbocycles. The fourth-order valence-electron chi connectivity index (χ4n) is 12.0. The van der Waals surface area contributed by atoms with Gasteiger partial charge in [0.15, 0.2) is 5.58 Å². The summed E-state index contributed by atoms with van der Waals surface area (Å²) < 4.78 is 14.7. The topological polar surface area (TPSA) is 29.5 Å². The number of para-hydroxylation sites is 3. The summed E-state index contributed by atoms with van der Waals surface area (Å²) in [5.74, 6) is 0.946. The molecule has 0 saturated heterocycles. The maximum absolute atomic E-state index is 6.76. The summed E-state index contributed by atoms with van der Waals surface area (Å²) >= 11 is 1.94. The second kappa shape index (κ2) is 16.2. The second-order valence-electron chi connectivity index (χ2n) is 18.7. The molecule has 336 valence electrons. The summed E-state index contributed by atoms with van der Waals surface area (Å²) in [6.45, 7) is 4.26. The van der Waals surface area contributed by atoms with Gasteiger partial charge < -0.3 is 13.7 Å². The number of nitrogens with zero attached hydrogens (tertiary/aromatic N) is 1. The minimum atomic E-state index is -0.597. The number of fused-ring (bicyclic) bond motifs is 16. The summed E-state index contributed by atoms with van der Waals surface area (Å²) in [5.41, 5.74) is 20.1. The number of aryl methyl sites for hydroxylation is 1. The molecule has 2 aliphatic rings. The van der Waals surface area contributed by atoms with E-state index in [1.807, 2.05) is 29.5 Å². The van der Waals surface area contributed by atoms with Crippen molar-refractivity contribution in [2.75, 3.05) is 4.90 Å². The molecule has 0 fully saturated rings. The van der Waals surface area contributed by atoms with Gasteiger partial charge >= 0.3 is 0 Å². The van der Waals surface area contributed by atoms with E-state index >= 15 is 0 Å². The molecular weight excluding hydrogens is 883 g/mol. The SMILES string of the molecule is C/C=C\c1oc2c(C/C(=C\c3ccc4c(c3)C3(c5ccccc5-4)c4cc(N(c5cc#ccc5)c5cccc6c5oc5ccccc56)ccc4-c4c3sc3ccccc43)c3ccccc3)cccc2c1CC. The van der Waals surface area contributed by atoms with Crippen LogP contribution in [0.1, 0.15) is 63.4 Å². The molecule has 3 heterocycles. The van der Waals surface area contributed by atoms with Crippen molar-refractivity contribution in [2.45, 2.75) is 32.1 Å². The van der Waals surface area contributed by atoms with Gasteiger partial charge in [0.25, 0.3) is 0 Å². The van der Waals surface area contributed by atoms with Crippen molar-refractivity contribution < 1.29 is 8.83 Å². The second-order valence-corrected chi connectivity index (χ2v) is 19.8. The molecule has 2 aliphatic carbocycles. The van der Waals surface area contributed by atoms with Gasteiger partial charge in [-0.05, 0) is 124 Å². The van der Waals surface area contributed by atoms with E-state index in [0.717, 1.165) is 62.3 Å². The van der Waals surface area contributed by atoms with Gasteiger partial charge in [-0.3, -0.25) is 0 Å². The van der Waals surface area contributed by atoms with Crippen LogP contribution in [0.5, 0.6) is 0 Å². The van der Waals surface area contributed by atoms with E-state index in [2.05, 4.69) is 225 Å². The van der Waals surface area contributed by atoms with Crippen molar-refractivity contribution in [2.24, 2.45) is 0 Å². The number of allylic oxidation sites excluding steroid dienone is 2.